The summed E-state index contributed by atoms with van der Waals surface area (Å²) in [6.45, 7) is 0. The van der Waals surface area contributed by atoms with E-state index in [2.05, 4.69) is 10.3 Å². The van der Waals surface area contributed by atoms with Gasteiger partial charge in [0.15, 0.2) is 5.16 Å². The Morgan fingerprint density at radius 2 is 2.14 bits per heavy atom. The summed E-state index contributed by atoms with van der Waals surface area (Å²) < 4.78 is 1.93. The molecule has 21 heavy (non-hydrogen) atoms. The summed E-state index contributed by atoms with van der Waals surface area (Å²) in [6.07, 6.45) is 4.09. The summed E-state index contributed by atoms with van der Waals surface area (Å²) in [5.74, 6) is -0.205. The van der Waals surface area contributed by atoms with Crippen LogP contribution in [-0.2, 0) is 17.4 Å². The molecule has 2 aromatic rings. The van der Waals surface area contributed by atoms with E-state index in [0.29, 0.717) is 12.2 Å². The molecule has 0 bridgehead atoms. The highest BCUT2D eigenvalue weighted by Crippen LogP contribution is 2.28. The van der Waals surface area contributed by atoms with Gasteiger partial charge in [-0.05, 0) is 19.0 Å². The maximum Gasteiger partial charge on any atom is 0.328 e. The molecular weight excluding hydrogens is 286 g/mol. The van der Waals surface area contributed by atoms with Crippen molar-refractivity contribution in [1.29, 1.82) is 0 Å². The number of aliphatic carboxylic acids is 1. The first-order valence-electron chi connectivity index (χ1n) is 6.68. The third-order valence-corrected chi connectivity index (χ3v) is 4.60. The molecule has 5 nitrogen and oxygen atoms in total. The lowest BCUT2D eigenvalue weighted by molar-refractivity contribution is -0.145. The van der Waals surface area contributed by atoms with E-state index >= 15 is 0 Å². The van der Waals surface area contributed by atoms with Crippen LogP contribution < -0.4 is 5.32 Å². The molecule has 1 aromatic carbocycles. The summed E-state index contributed by atoms with van der Waals surface area (Å²) in [4.78, 5) is 16.1. The van der Waals surface area contributed by atoms with Gasteiger partial charge in [0.05, 0.1) is 0 Å². The number of carboxylic acids is 1. The lowest BCUT2D eigenvalue weighted by atomic mass is 9.87. The Balaban J connectivity index is 2.14. The number of carboxylic acid groups (broad SMARTS) is 1. The SMILES string of the molecule is CNC(CCSc1nccn1C)(C(=O)O)c1ccccc1. The quantitative estimate of drug-likeness (QED) is 0.767. The molecule has 0 aliphatic carbocycles. The number of nitrogens with zero attached hydrogens (tertiary/aromatic N) is 2. The van der Waals surface area contributed by atoms with Gasteiger partial charge in [-0.2, -0.15) is 0 Å². The topological polar surface area (TPSA) is 67.2 Å². The standard InChI is InChI=1S/C15H19N3O2S/c1-16-15(13(19)20,12-6-4-3-5-7-12)8-11-21-14-17-9-10-18(14)2/h3-7,9-10,16H,8,11H2,1-2H3,(H,19,20). The second kappa shape index (κ2) is 6.78. The molecule has 6 heteroatoms. The van der Waals surface area contributed by atoms with Crippen molar-refractivity contribution >= 4 is 17.7 Å². The van der Waals surface area contributed by atoms with Crippen molar-refractivity contribution in [2.24, 2.45) is 7.05 Å². The Bertz CT molecular complexity index is 600. The number of hydrogen-bond donors (Lipinski definition) is 2. The number of nitrogens with one attached hydrogen (secondary N) is 1. The molecule has 0 spiro atoms. The molecule has 0 saturated heterocycles. The maximum atomic E-state index is 11.8. The van der Waals surface area contributed by atoms with Gasteiger partial charge in [-0.15, -0.1) is 0 Å². The van der Waals surface area contributed by atoms with Gasteiger partial charge < -0.3 is 15.0 Å². The molecule has 0 saturated carbocycles. The summed E-state index contributed by atoms with van der Waals surface area (Å²) in [7, 11) is 3.61. The van der Waals surface area contributed by atoms with Gasteiger partial charge in [0.25, 0.3) is 0 Å². The molecule has 2 N–H and O–H groups in total. The molecule has 112 valence electrons. The van der Waals surface area contributed by atoms with Crippen LogP contribution in [0.1, 0.15) is 12.0 Å². The fraction of sp³-hybridized carbons (Fsp3) is 0.333. The minimum absolute atomic E-state index is 0.473. The molecule has 1 heterocycles. The van der Waals surface area contributed by atoms with E-state index in [1.807, 2.05) is 48.1 Å². The predicted molar refractivity (Wildman–Crippen MR) is 83.4 cm³/mol. The number of imidazole rings is 1. The second-order valence-electron chi connectivity index (χ2n) is 4.75. The van der Waals surface area contributed by atoms with Crippen LogP contribution in [0.5, 0.6) is 0 Å². The number of likely N-dealkylation sites (N-methyl/N-ethyl adjacent to an activating group) is 1. The Morgan fingerprint density at radius 1 is 1.43 bits per heavy atom. The average Bonchev–Trinajstić information content (AvgIpc) is 2.90. The average molecular weight is 305 g/mol. The zero-order chi connectivity index (χ0) is 15.3. The van der Waals surface area contributed by atoms with E-state index < -0.39 is 11.5 Å². The van der Waals surface area contributed by atoms with Gasteiger partial charge in [0.1, 0.15) is 5.54 Å². The van der Waals surface area contributed by atoms with Crippen molar-refractivity contribution in [2.45, 2.75) is 17.1 Å². The van der Waals surface area contributed by atoms with Crippen molar-refractivity contribution in [2.75, 3.05) is 12.8 Å². The van der Waals surface area contributed by atoms with E-state index in [4.69, 9.17) is 0 Å². The molecule has 0 aliphatic heterocycles. The zero-order valence-electron chi connectivity index (χ0n) is 12.1. The first-order chi connectivity index (χ1) is 10.1. The number of hydrogen-bond acceptors (Lipinski definition) is 4. The first-order valence-corrected chi connectivity index (χ1v) is 7.66. The van der Waals surface area contributed by atoms with Crippen molar-refractivity contribution in [1.82, 2.24) is 14.9 Å². The van der Waals surface area contributed by atoms with Crippen LogP contribution in [0.4, 0.5) is 0 Å². The van der Waals surface area contributed by atoms with E-state index in [-0.39, 0.29) is 0 Å². The largest absolute Gasteiger partial charge is 0.480 e. The summed E-state index contributed by atoms with van der Waals surface area (Å²) in [5, 5.41) is 13.6. The van der Waals surface area contributed by atoms with Crippen LogP contribution in [0.3, 0.4) is 0 Å². The van der Waals surface area contributed by atoms with Crippen LogP contribution in [0, 0.1) is 0 Å². The summed E-state index contributed by atoms with van der Waals surface area (Å²) >= 11 is 1.56. The predicted octanol–water partition coefficient (Wildman–Crippen LogP) is 2.10. The normalized spacial score (nSPS) is 13.8. The number of aryl methyl sites for hydroxylation is 1. The molecule has 0 aliphatic rings. The van der Waals surface area contributed by atoms with Crippen molar-refractivity contribution in [3.05, 3.63) is 48.3 Å². The third-order valence-electron chi connectivity index (χ3n) is 3.54. The van der Waals surface area contributed by atoms with Gasteiger partial charge in [-0.1, -0.05) is 42.1 Å². The van der Waals surface area contributed by atoms with Gasteiger partial charge >= 0.3 is 5.97 Å². The number of aromatic nitrogens is 2. The minimum atomic E-state index is -1.07. The smallest absolute Gasteiger partial charge is 0.328 e. The van der Waals surface area contributed by atoms with Gasteiger partial charge in [0, 0.05) is 25.2 Å². The van der Waals surface area contributed by atoms with Crippen molar-refractivity contribution < 1.29 is 9.90 Å². The summed E-state index contributed by atoms with van der Waals surface area (Å²) in [5.41, 5.74) is -0.306. The molecular formula is C15H19N3O2S. The van der Waals surface area contributed by atoms with Crippen molar-refractivity contribution in [3.8, 4) is 0 Å². The fourth-order valence-corrected chi connectivity index (χ4v) is 3.25. The number of benzene rings is 1. The molecule has 2 rings (SSSR count). The molecule has 0 radical (unpaired) electrons. The lowest BCUT2D eigenvalue weighted by Crippen LogP contribution is -2.47. The second-order valence-corrected chi connectivity index (χ2v) is 5.81. The third kappa shape index (κ3) is 3.28. The molecule has 0 amide bonds. The van der Waals surface area contributed by atoms with Crippen LogP contribution in [0.25, 0.3) is 0 Å². The molecule has 1 aromatic heterocycles. The monoisotopic (exact) mass is 305 g/mol. The number of rotatable bonds is 7. The van der Waals surface area contributed by atoms with E-state index in [0.717, 1.165) is 10.7 Å². The van der Waals surface area contributed by atoms with E-state index in [1.54, 1.807) is 25.0 Å². The highest BCUT2D eigenvalue weighted by Gasteiger charge is 2.38. The van der Waals surface area contributed by atoms with Crippen LogP contribution in [0.2, 0.25) is 0 Å². The Hall–Kier alpha value is -1.79. The first kappa shape index (κ1) is 15.6. The van der Waals surface area contributed by atoms with E-state index in [1.165, 1.54) is 0 Å². The fourth-order valence-electron chi connectivity index (χ4n) is 2.26. The zero-order valence-corrected chi connectivity index (χ0v) is 12.9. The highest BCUT2D eigenvalue weighted by molar-refractivity contribution is 7.99. The molecule has 1 unspecified atom stereocenters. The number of thioether (sulfide) groups is 1. The Kier molecular flexibility index (Phi) is 5.03. The summed E-state index contributed by atoms with van der Waals surface area (Å²) in [6, 6.07) is 9.28. The molecule has 0 fully saturated rings. The Labute approximate surface area is 128 Å². The lowest BCUT2D eigenvalue weighted by Gasteiger charge is -2.29. The highest BCUT2D eigenvalue weighted by atomic mass is 32.2. The minimum Gasteiger partial charge on any atom is -0.480 e. The van der Waals surface area contributed by atoms with Gasteiger partial charge in [0.2, 0.25) is 0 Å². The van der Waals surface area contributed by atoms with E-state index in [9.17, 15) is 9.90 Å². The van der Waals surface area contributed by atoms with Crippen LogP contribution in [-0.4, -0.2) is 33.4 Å². The van der Waals surface area contributed by atoms with Crippen LogP contribution >= 0.6 is 11.8 Å². The number of carbonyl (C=O) groups is 1. The van der Waals surface area contributed by atoms with Crippen molar-refractivity contribution in [3.63, 3.8) is 0 Å². The van der Waals surface area contributed by atoms with Crippen LogP contribution in [0.15, 0.2) is 47.9 Å². The maximum absolute atomic E-state index is 11.8. The van der Waals surface area contributed by atoms with Gasteiger partial charge in [-0.3, -0.25) is 0 Å². The molecule has 1 atom stereocenters. The van der Waals surface area contributed by atoms with Gasteiger partial charge in [-0.25, -0.2) is 9.78 Å². The Morgan fingerprint density at radius 3 is 2.67 bits per heavy atom.